The molecule has 0 aliphatic rings. The summed E-state index contributed by atoms with van der Waals surface area (Å²) in [5.74, 6) is -0.695. The van der Waals surface area contributed by atoms with E-state index < -0.39 is 10.8 Å². The summed E-state index contributed by atoms with van der Waals surface area (Å²) in [6.45, 7) is 2.24. The third kappa shape index (κ3) is 2.39. The Morgan fingerprint density at radius 3 is 2.85 bits per heavy atom. The van der Waals surface area contributed by atoms with E-state index in [1.54, 1.807) is 6.92 Å². The zero-order valence-corrected chi connectivity index (χ0v) is 10.5. The van der Waals surface area contributed by atoms with Gasteiger partial charge in [-0.15, -0.1) is 0 Å². The van der Waals surface area contributed by atoms with Gasteiger partial charge in [0.05, 0.1) is 4.92 Å². The fourth-order valence-corrected chi connectivity index (χ4v) is 1.58. The van der Waals surface area contributed by atoms with Crippen LogP contribution in [-0.4, -0.2) is 37.1 Å². The second kappa shape index (κ2) is 5.30. The lowest BCUT2D eigenvalue weighted by molar-refractivity contribution is -0.384. The molecule has 2 heterocycles. The maximum atomic E-state index is 11.2. The molecule has 20 heavy (non-hydrogen) atoms. The Labute approximate surface area is 112 Å². The molecular formula is C10H11N7O3. The average molecular weight is 277 g/mol. The zero-order chi connectivity index (χ0) is 14.7. The molecule has 0 radical (unpaired) electrons. The molecule has 1 amide bonds. The Hall–Kier alpha value is -3.04. The summed E-state index contributed by atoms with van der Waals surface area (Å²) in [5.41, 5.74) is 4.75. The van der Waals surface area contributed by atoms with Crippen LogP contribution in [0.4, 0.5) is 11.5 Å². The topological polar surface area (TPSA) is 142 Å². The van der Waals surface area contributed by atoms with Crippen LogP contribution in [0.5, 0.6) is 0 Å². The monoisotopic (exact) mass is 277 g/mol. The molecule has 10 heteroatoms. The Bertz CT molecular complexity index is 667. The molecule has 10 nitrogen and oxygen atoms in total. The van der Waals surface area contributed by atoms with Crippen LogP contribution in [-0.2, 0) is 0 Å². The highest BCUT2D eigenvalue weighted by Gasteiger charge is 2.24. The molecule has 2 aromatic rings. The average Bonchev–Trinajstić information content (AvgIpc) is 2.88. The van der Waals surface area contributed by atoms with Crippen LogP contribution in [0.1, 0.15) is 17.4 Å². The van der Waals surface area contributed by atoms with Crippen molar-refractivity contribution >= 4 is 17.4 Å². The van der Waals surface area contributed by atoms with Gasteiger partial charge in [0.25, 0.3) is 5.91 Å². The minimum Gasteiger partial charge on any atom is -0.364 e. The van der Waals surface area contributed by atoms with E-state index in [1.165, 1.54) is 18.6 Å². The predicted molar refractivity (Wildman–Crippen MR) is 68.5 cm³/mol. The van der Waals surface area contributed by atoms with E-state index in [0.717, 1.165) is 4.68 Å². The lowest BCUT2D eigenvalue weighted by atomic mass is 10.4. The molecule has 0 aromatic carbocycles. The van der Waals surface area contributed by atoms with Gasteiger partial charge in [-0.3, -0.25) is 14.9 Å². The fourth-order valence-electron chi connectivity index (χ4n) is 1.58. The number of hydrogen-bond acceptors (Lipinski definition) is 7. The number of carbonyl (C=O) groups excluding carboxylic acids is 1. The van der Waals surface area contributed by atoms with Crippen LogP contribution in [0, 0.1) is 10.1 Å². The van der Waals surface area contributed by atoms with Gasteiger partial charge >= 0.3 is 5.69 Å². The number of carbonyl (C=O) groups is 1. The van der Waals surface area contributed by atoms with Gasteiger partial charge in [0.1, 0.15) is 12.0 Å². The van der Waals surface area contributed by atoms with Crippen LogP contribution in [0.2, 0.25) is 0 Å². The number of aromatic nitrogens is 4. The lowest BCUT2D eigenvalue weighted by Crippen LogP contribution is -2.13. The molecule has 2 aromatic heterocycles. The Morgan fingerprint density at radius 1 is 1.55 bits per heavy atom. The predicted octanol–water partition coefficient (Wildman–Crippen LogP) is 0.101. The molecule has 0 atom stereocenters. The number of amides is 1. The molecule has 0 aliphatic heterocycles. The Kier molecular flexibility index (Phi) is 3.55. The Balaban J connectivity index is 2.57. The van der Waals surface area contributed by atoms with Gasteiger partial charge in [0.2, 0.25) is 11.6 Å². The van der Waals surface area contributed by atoms with Gasteiger partial charge in [-0.2, -0.15) is 5.10 Å². The molecule has 3 N–H and O–H groups in total. The van der Waals surface area contributed by atoms with E-state index in [0.29, 0.717) is 6.54 Å². The van der Waals surface area contributed by atoms with Crippen LogP contribution < -0.4 is 11.1 Å². The van der Waals surface area contributed by atoms with Crippen LogP contribution in [0.3, 0.4) is 0 Å². The smallest absolute Gasteiger partial charge is 0.355 e. The first kappa shape index (κ1) is 13.4. The molecule has 0 fully saturated rings. The van der Waals surface area contributed by atoms with Crippen molar-refractivity contribution in [1.29, 1.82) is 0 Å². The molecular weight excluding hydrogens is 266 g/mol. The lowest BCUT2D eigenvalue weighted by Gasteiger charge is -2.06. The quantitative estimate of drug-likeness (QED) is 0.582. The molecule has 0 saturated carbocycles. The third-order valence-corrected chi connectivity index (χ3v) is 2.39. The van der Waals surface area contributed by atoms with Crippen molar-refractivity contribution in [2.45, 2.75) is 6.92 Å². The maximum absolute atomic E-state index is 11.2. The largest absolute Gasteiger partial charge is 0.364 e. The number of anilines is 1. The third-order valence-electron chi connectivity index (χ3n) is 2.39. The first-order valence-electron chi connectivity index (χ1n) is 5.63. The van der Waals surface area contributed by atoms with Crippen molar-refractivity contribution in [3.05, 3.63) is 34.4 Å². The summed E-state index contributed by atoms with van der Waals surface area (Å²) in [5, 5.41) is 17.8. The summed E-state index contributed by atoms with van der Waals surface area (Å²) in [4.78, 5) is 29.2. The second-order valence-corrected chi connectivity index (χ2v) is 3.69. The molecule has 0 spiro atoms. The zero-order valence-electron chi connectivity index (χ0n) is 10.5. The number of nitrogens with one attached hydrogen (secondary N) is 1. The SMILES string of the molecule is CCNc1ncnc(-n2ccc(C(N)=O)n2)c1[N+](=O)[O-]. The normalized spacial score (nSPS) is 10.2. The highest BCUT2D eigenvalue weighted by Crippen LogP contribution is 2.27. The molecule has 0 bridgehead atoms. The summed E-state index contributed by atoms with van der Waals surface area (Å²) < 4.78 is 1.11. The Morgan fingerprint density at radius 2 is 2.30 bits per heavy atom. The van der Waals surface area contributed by atoms with E-state index in [-0.39, 0.29) is 23.0 Å². The van der Waals surface area contributed by atoms with Crippen molar-refractivity contribution in [3.8, 4) is 5.82 Å². The molecule has 104 valence electrons. The standard InChI is InChI=1S/C10H11N7O3/c1-2-12-9-7(17(19)20)10(14-5-13-9)16-4-3-6(15-16)8(11)18/h3-5H,2H2,1H3,(H2,11,18)(H,12,13,14). The van der Waals surface area contributed by atoms with Crippen molar-refractivity contribution < 1.29 is 9.72 Å². The van der Waals surface area contributed by atoms with Gasteiger partial charge in [-0.25, -0.2) is 14.6 Å². The van der Waals surface area contributed by atoms with Gasteiger partial charge < -0.3 is 11.1 Å². The summed E-state index contributed by atoms with van der Waals surface area (Å²) >= 11 is 0. The van der Waals surface area contributed by atoms with E-state index in [2.05, 4.69) is 20.4 Å². The molecule has 0 saturated heterocycles. The van der Waals surface area contributed by atoms with Crippen LogP contribution in [0.25, 0.3) is 5.82 Å². The van der Waals surface area contributed by atoms with E-state index >= 15 is 0 Å². The highest BCUT2D eigenvalue weighted by molar-refractivity contribution is 5.90. The van der Waals surface area contributed by atoms with E-state index in [9.17, 15) is 14.9 Å². The molecule has 0 unspecified atom stereocenters. The van der Waals surface area contributed by atoms with Crippen LogP contribution in [0.15, 0.2) is 18.6 Å². The van der Waals surface area contributed by atoms with Crippen LogP contribution >= 0.6 is 0 Å². The first-order valence-corrected chi connectivity index (χ1v) is 5.63. The van der Waals surface area contributed by atoms with Gasteiger partial charge in [-0.1, -0.05) is 0 Å². The number of hydrogen-bond donors (Lipinski definition) is 2. The summed E-state index contributed by atoms with van der Waals surface area (Å²) in [6, 6.07) is 1.35. The van der Waals surface area contributed by atoms with Crippen molar-refractivity contribution in [1.82, 2.24) is 19.7 Å². The minimum atomic E-state index is -0.729. The van der Waals surface area contributed by atoms with E-state index in [4.69, 9.17) is 5.73 Å². The number of rotatable bonds is 5. The summed E-state index contributed by atoms with van der Waals surface area (Å²) in [6.07, 6.45) is 2.54. The number of nitro groups is 1. The summed E-state index contributed by atoms with van der Waals surface area (Å²) in [7, 11) is 0. The number of nitrogens with zero attached hydrogens (tertiary/aromatic N) is 5. The van der Waals surface area contributed by atoms with Crippen molar-refractivity contribution in [3.63, 3.8) is 0 Å². The van der Waals surface area contributed by atoms with E-state index in [1.807, 2.05) is 0 Å². The van der Waals surface area contributed by atoms with Gasteiger partial charge in [-0.05, 0) is 13.0 Å². The highest BCUT2D eigenvalue weighted by atomic mass is 16.6. The van der Waals surface area contributed by atoms with Crippen molar-refractivity contribution in [2.24, 2.45) is 5.73 Å². The fraction of sp³-hybridized carbons (Fsp3) is 0.200. The number of nitrogens with two attached hydrogens (primary N) is 1. The van der Waals surface area contributed by atoms with Gasteiger partial charge in [0.15, 0.2) is 0 Å². The van der Waals surface area contributed by atoms with Crippen molar-refractivity contribution in [2.75, 3.05) is 11.9 Å². The molecule has 2 rings (SSSR count). The molecule has 0 aliphatic carbocycles. The number of primary amides is 1. The van der Waals surface area contributed by atoms with Gasteiger partial charge in [0, 0.05) is 12.7 Å². The second-order valence-electron chi connectivity index (χ2n) is 3.69. The maximum Gasteiger partial charge on any atom is 0.355 e. The minimum absolute atomic E-state index is 0.0112. The first-order chi connectivity index (χ1) is 9.54.